The molecule has 0 saturated carbocycles. The summed E-state index contributed by atoms with van der Waals surface area (Å²) in [5.74, 6) is 2.60. The van der Waals surface area contributed by atoms with Crippen molar-refractivity contribution in [2.45, 2.75) is 0 Å². The number of fused-ring (bicyclic) bond motifs is 1. The molecule has 21 heavy (non-hydrogen) atoms. The molecule has 0 aliphatic carbocycles. The number of nitrogens with zero attached hydrogens (tertiary/aromatic N) is 2. The fourth-order valence-electron chi connectivity index (χ4n) is 2.08. The van der Waals surface area contributed by atoms with E-state index >= 15 is 0 Å². The Kier molecular flexibility index (Phi) is 4.31. The minimum atomic E-state index is 0.587. The van der Waals surface area contributed by atoms with Crippen molar-refractivity contribution in [3.8, 4) is 11.4 Å². The van der Waals surface area contributed by atoms with Gasteiger partial charge in [0.2, 0.25) is 0 Å². The summed E-state index contributed by atoms with van der Waals surface area (Å²) in [7, 11) is 0. The number of nitrogens with one attached hydrogen (secondary N) is 2. The molecule has 3 rings (SSSR count). The summed E-state index contributed by atoms with van der Waals surface area (Å²) in [5, 5.41) is 3.87. The summed E-state index contributed by atoms with van der Waals surface area (Å²) in [5.41, 5.74) is 2.78. The number of para-hydroxylation sites is 2. The number of aromatic nitrogens is 3. The zero-order chi connectivity index (χ0) is 14.7. The lowest BCUT2D eigenvalue weighted by atomic mass is 10.2. The van der Waals surface area contributed by atoms with Crippen LogP contribution in [0.15, 0.2) is 36.5 Å². The smallest absolute Gasteiger partial charge is 0.140 e. The summed E-state index contributed by atoms with van der Waals surface area (Å²) in [6.45, 7) is 0.870. The molecule has 1 aromatic carbocycles. The second-order valence-corrected chi connectivity index (χ2v) is 5.96. The Labute approximate surface area is 132 Å². The molecule has 0 aliphatic heterocycles. The molecule has 2 aromatic heterocycles. The highest BCUT2D eigenvalue weighted by Crippen LogP contribution is 2.28. The first kappa shape index (κ1) is 14.2. The number of halogens is 1. The molecule has 4 nitrogen and oxygen atoms in total. The van der Waals surface area contributed by atoms with Gasteiger partial charge in [-0.15, -0.1) is 0 Å². The summed E-state index contributed by atoms with van der Waals surface area (Å²) in [4.78, 5) is 12.2. The molecule has 0 fully saturated rings. The van der Waals surface area contributed by atoms with E-state index in [2.05, 4.69) is 26.5 Å². The predicted octanol–water partition coefficient (Wildman–Crippen LogP) is 4.05. The zero-order valence-electron chi connectivity index (χ0n) is 11.6. The predicted molar refractivity (Wildman–Crippen MR) is 91.2 cm³/mol. The lowest BCUT2D eigenvalue weighted by molar-refractivity contribution is 1.17. The molecule has 2 heterocycles. The van der Waals surface area contributed by atoms with Gasteiger partial charge in [-0.25, -0.2) is 9.97 Å². The van der Waals surface area contributed by atoms with Gasteiger partial charge in [0.25, 0.3) is 0 Å². The molecule has 0 atom stereocenters. The van der Waals surface area contributed by atoms with Crippen LogP contribution < -0.4 is 5.32 Å². The highest BCUT2D eigenvalue weighted by Gasteiger charge is 2.10. The number of H-pyrrole nitrogens is 1. The maximum atomic E-state index is 6.27. The standard InChI is InChI=1S/C15H15ClN4S/c1-21-7-6-17-14-8-10(11(16)9-18-14)15-19-12-4-2-3-5-13(12)20-15/h2-5,8-9H,6-7H2,1H3,(H,17,18)(H,19,20). The van der Waals surface area contributed by atoms with E-state index in [1.807, 2.05) is 30.3 Å². The number of hydrogen-bond donors (Lipinski definition) is 2. The third kappa shape index (κ3) is 3.14. The molecular weight excluding hydrogens is 304 g/mol. The molecule has 6 heteroatoms. The van der Waals surface area contributed by atoms with E-state index in [1.165, 1.54) is 0 Å². The van der Waals surface area contributed by atoms with Crippen LogP contribution >= 0.6 is 23.4 Å². The van der Waals surface area contributed by atoms with Gasteiger partial charge in [-0.05, 0) is 24.5 Å². The number of anilines is 1. The molecule has 2 N–H and O–H groups in total. The summed E-state index contributed by atoms with van der Waals surface area (Å²) in [6.07, 6.45) is 3.74. The van der Waals surface area contributed by atoms with Crippen molar-refractivity contribution in [3.63, 3.8) is 0 Å². The lowest BCUT2D eigenvalue weighted by Gasteiger charge is -2.07. The quantitative estimate of drug-likeness (QED) is 0.697. The van der Waals surface area contributed by atoms with E-state index in [4.69, 9.17) is 11.6 Å². The monoisotopic (exact) mass is 318 g/mol. The van der Waals surface area contributed by atoms with Gasteiger partial charge >= 0.3 is 0 Å². The van der Waals surface area contributed by atoms with Crippen molar-refractivity contribution >= 4 is 40.2 Å². The summed E-state index contributed by atoms with van der Waals surface area (Å²) < 4.78 is 0. The first-order chi connectivity index (χ1) is 10.3. The van der Waals surface area contributed by atoms with Crippen LogP contribution in [0.3, 0.4) is 0 Å². The normalized spacial score (nSPS) is 11.0. The molecule has 108 valence electrons. The van der Waals surface area contributed by atoms with Gasteiger partial charge in [0.05, 0.1) is 16.1 Å². The molecular formula is C15H15ClN4S. The van der Waals surface area contributed by atoms with E-state index in [9.17, 15) is 0 Å². The Bertz CT molecular complexity index is 723. The minimum absolute atomic E-state index is 0.587. The zero-order valence-corrected chi connectivity index (χ0v) is 13.1. The number of benzene rings is 1. The summed E-state index contributed by atoms with van der Waals surface area (Å²) in [6, 6.07) is 9.85. The van der Waals surface area contributed by atoms with Crippen molar-refractivity contribution in [1.82, 2.24) is 15.0 Å². The molecule has 0 aliphatic rings. The van der Waals surface area contributed by atoms with Crippen molar-refractivity contribution < 1.29 is 0 Å². The van der Waals surface area contributed by atoms with Crippen LogP contribution in [0.25, 0.3) is 22.4 Å². The third-order valence-corrected chi connectivity index (χ3v) is 4.03. The maximum absolute atomic E-state index is 6.27. The maximum Gasteiger partial charge on any atom is 0.140 e. The number of aromatic amines is 1. The van der Waals surface area contributed by atoms with Crippen molar-refractivity contribution in [2.75, 3.05) is 23.9 Å². The van der Waals surface area contributed by atoms with Gasteiger partial charge in [0.15, 0.2) is 0 Å². The van der Waals surface area contributed by atoms with Crippen LogP contribution in [0.2, 0.25) is 5.02 Å². The minimum Gasteiger partial charge on any atom is -0.369 e. The average Bonchev–Trinajstić information content (AvgIpc) is 2.93. The Hall–Kier alpha value is -1.72. The van der Waals surface area contributed by atoms with Crippen molar-refractivity contribution in [1.29, 1.82) is 0 Å². The molecule has 0 spiro atoms. The number of thioether (sulfide) groups is 1. The number of hydrogen-bond acceptors (Lipinski definition) is 4. The fraction of sp³-hybridized carbons (Fsp3) is 0.200. The largest absolute Gasteiger partial charge is 0.369 e. The number of imidazole rings is 1. The van der Waals surface area contributed by atoms with Crippen LogP contribution in [-0.2, 0) is 0 Å². The average molecular weight is 319 g/mol. The van der Waals surface area contributed by atoms with E-state index in [-0.39, 0.29) is 0 Å². The Balaban J connectivity index is 1.94. The van der Waals surface area contributed by atoms with Crippen LogP contribution in [0.1, 0.15) is 0 Å². The van der Waals surface area contributed by atoms with E-state index in [0.29, 0.717) is 5.02 Å². The first-order valence-corrected chi connectivity index (χ1v) is 8.38. The highest BCUT2D eigenvalue weighted by atomic mass is 35.5. The van der Waals surface area contributed by atoms with Crippen LogP contribution in [0.5, 0.6) is 0 Å². The number of rotatable bonds is 5. The van der Waals surface area contributed by atoms with Crippen LogP contribution in [-0.4, -0.2) is 33.5 Å². The Morgan fingerprint density at radius 3 is 3.00 bits per heavy atom. The SMILES string of the molecule is CSCCNc1cc(-c2nc3ccccc3[nH]2)c(Cl)cn1. The highest BCUT2D eigenvalue weighted by molar-refractivity contribution is 7.98. The first-order valence-electron chi connectivity index (χ1n) is 6.61. The second kappa shape index (κ2) is 6.37. The molecule has 0 radical (unpaired) electrons. The van der Waals surface area contributed by atoms with Gasteiger partial charge in [-0.3, -0.25) is 0 Å². The molecule has 0 unspecified atom stereocenters. The van der Waals surface area contributed by atoms with E-state index in [1.54, 1.807) is 18.0 Å². The summed E-state index contributed by atoms with van der Waals surface area (Å²) >= 11 is 8.06. The molecule has 0 amide bonds. The van der Waals surface area contributed by atoms with Gasteiger partial charge in [-0.2, -0.15) is 11.8 Å². The lowest BCUT2D eigenvalue weighted by Crippen LogP contribution is -2.05. The third-order valence-electron chi connectivity index (χ3n) is 3.11. The van der Waals surface area contributed by atoms with E-state index in [0.717, 1.165) is 40.5 Å². The molecule has 0 bridgehead atoms. The van der Waals surface area contributed by atoms with Gasteiger partial charge in [-0.1, -0.05) is 23.7 Å². The van der Waals surface area contributed by atoms with Crippen molar-refractivity contribution in [3.05, 3.63) is 41.6 Å². The van der Waals surface area contributed by atoms with Crippen LogP contribution in [0, 0.1) is 0 Å². The topological polar surface area (TPSA) is 53.6 Å². The van der Waals surface area contributed by atoms with Crippen LogP contribution in [0.4, 0.5) is 5.82 Å². The van der Waals surface area contributed by atoms with Crippen molar-refractivity contribution in [2.24, 2.45) is 0 Å². The van der Waals surface area contributed by atoms with Gasteiger partial charge < -0.3 is 10.3 Å². The molecule has 3 aromatic rings. The molecule has 0 saturated heterocycles. The van der Waals surface area contributed by atoms with E-state index < -0.39 is 0 Å². The van der Waals surface area contributed by atoms with Gasteiger partial charge in [0.1, 0.15) is 11.6 Å². The number of pyridine rings is 1. The van der Waals surface area contributed by atoms with Gasteiger partial charge in [0, 0.05) is 24.1 Å². The Morgan fingerprint density at radius 1 is 1.33 bits per heavy atom. The second-order valence-electron chi connectivity index (χ2n) is 4.57. The Morgan fingerprint density at radius 2 is 2.19 bits per heavy atom. The fourth-order valence-corrected chi connectivity index (χ4v) is 2.58.